The quantitative estimate of drug-likeness (QED) is 0.649. The van der Waals surface area contributed by atoms with Crippen molar-refractivity contribution >= 4 is 17.6 Å². The fourth-order valence-electron chi connectivity index (χ4n) is 2.04. The fourth-order valence-corrected chi connectivity index (χ4v) is 2.04. The minimum atomic E-state index is -0.955. The molecule has 7 heteroatoms. The van der Waals surface area contributed by atoms with E-state index in [9.17, 15) is 19.7 Å². The van der Waals surface area contributed by atoms with Gasteiger partial charge in [0.15, 0.2) is 0 Å². The smallest absolute Gasteiger partial charge is 0.310 e. The topological polar surface area (TPSA) is 101 Å². The molecule has 1 aromatic carbocycles. The molecule has 2 rings (SSSR count). The standard InChI is InChI=1S/C12H12N2O5/c1-7-3-2-4-9(14(18)19)10(7)11(15)13-5-8(6-13)12(16)17/h2-4,8H,5-6H2,1H3,(H,16,17). The van der Waals surface area contributed by atoms with Gasteiger partial charge in [-0.3, -0.25) is 19.7 Å². The zero-order chi connectivity index (χ0) is 14.2. The van der Waals surface area contributed by atoms with Gasteiger partial charge in [0.2, 0.25) is 0 Å². The zero-order valence-electron chi connectivity index (χ0n) is 10.2. The number of likely N-dealkylation sites (tertiary alicyclic amines) is 1. The van der Waals surface area contributed by atoms with E-state index >= 15 is 0 Å². The number of aliphatic carboxylic acids is 1. The Balaban J connectivity index is 2.26. The maximum atomic E-state index is 12.2. The van der Waals surface area contributed by atoms with E-state index in [0.717, 1.165) is 0 Å². The van der Waals surface area contributed by atoms with E-state index in [1.54, 1.807) is 13.0 Å². The summed E-state index contributed by atoms with van der Waals surface area (Å²) in [5.74, 6) is -2.02. The summed E-state index contributed by atoms with van der Waals surface area (Å²) in [6, 6.07) is 4.41. The van der Waals surface area contributed by atoms with Gasteiger partial charge in [-0.05, 0) is 12.5 Å². The van der Waals surface area contributed by atoms with E-state index in [0.29, 0.717) is 5.56 Å². The SMILES string of the molecule is Cc1cccc([N+](=O)[O-])c1C(=O)N1CC(C(=O)O)C1. The minimum absolute atomic E-state index is 0.0383. The van der Waals surface area contributed by atoms with Gasteiger partial charge in [0, 0.05) is 19.2 Å². The first-order valence-corrected chi connectivity index (χ1v) is 5.68. The monoisotopic (exact) mass is 264 g/mol. The normalized spacial score (nSPS) is 14.9. The first kappa shape index (κ1) is 13.0. The summed E-state index contributed by atoms with van der Waals surface area (Å²) >= 11 is 0. The third-order valence-corrected chi connectivity index (χ3v) is 3.18. The lowest BCUT2D eigenvalue weighted by Crippen LogP contribution is -2.53. The number of carbonyl (C=O) groups excluding carboxylic acids is 1. The number of carboxylic acids is 1. The molecule has 0 aromatic heterocycles. The molecule has 100 valence electrons. The van der Waals surface area contributed by atoms with Gasteiger partial charge in [0.1, 0.15) is 5.56 Å². The van der Waals surface area contributed by atoms with Gasteiger partial charge in [-0.25, -0.2) is 0 Å². The molecule has 1 N–H and O–H groups in total. The molecule has 19 heavy (non-hydrogen) atoms. The highest BCUT2D eigenvalue weighted by Gasteiger charge is 2.38. The van der Waals surface area contributed by atoms with Crippen LogP contribution in [-0.2, 0) is 4.79 Å². The minimum Gasteiger partial charge on any atom is -0.481 e. The molecule has 0 radical (unpaired) electrons. The first-order chi connectivity index (χ1) is 8.91. The summed E-state index contributed by atoms with van der Waals surface area (Å²) in [4.78, 5) is 34.5. The van der Waals surface area contributed by atoms with Gasteiger partial charge in [-0.2, -0.15) is 0 Å². The van der Waals surface area contributed by atoms with Crippen LogP contribution in [0.2, 0.25) is 0 Å². The average molecular weight is 264 g/mol. The molecule has 7 nitrogen and oxygen atoms in total. The summed E-state index contributed by atoms with van der Waals surface area (Å²) in [5.41, 5.74) is 0.304. The average Bonchev–Trinajstić information content (AvgIpc) is 2.25. The maximum absolute atomic E-state index is 12.2. The Morgan fingerprint density at radius 3 is 2.58 bits per heavy atom. The summed E-state index contributed by atoms with van der Waals surface area (Å²) in [6.45, 7) is 1.81. The molecule has 0 saturated carbocycles. The Morgan fingerprint density at radius 2 is 2.05 bits per heavy atom. The molecule has 0 bridgehead atoms. The zero-order valence-corrected chi connectivity index (χ0v) is 10.2. The van der Waals surface area contributed by atoms with Gasteiger partial charge in [-0.15, -0.1) is 0 Å². The van der Waals surface area contributed by atoms with Gasteiger partial charge < -0.3 is 10.0 Å². The number of carbonyl (C=O) groups is 2. The molecule has 0 aliphatic carbocycles. The Bertz CT molecular complexity index is 563. The van der Waals surface area contributed by atoms with Crippen LogP contribution in [0.15, 0.2) is 18.2 Å². The number of carboxylic acid groups (broad SMARTS) is 1. The van der Waals surface area contributed by atoms with Crippen LogP contribution >= 0.6 is 0 Å². The number of amides is 1. The van der Waals surface area contributed by atoms with Crippen LogP contribution < -0.4 is 0 Å². The number of hydrogen-bond donors (Lipinski definition) is 1. The van der Waals surface area contributed by atoms with Crippen LogP contribution in [0.4, 0.5) is 5.69 Å². The Labute approximate surface area is 108 Å². The highest BCUT2D eigenvalue weighted by molar-refractivity contribution is 6.00. The van der Waals surface area contributed by atoms with Crippen LogP contribution in [0.5, 0.6) is 0 Å². The molecule has 1 aliphatic rings. The van der Waals surface area contributed by atoms with Crippen molar-refractivity contribution in [2.24, 2.45) is 5.92 Å². The van der Waals surface area contributed by atoms with Crippen molar-refractivity contribution in [2.45, 2.75) is 6.92 Å². The lowest BCUT2D eigenvalue weighted by Gasteiger charge is -2.36. The molecule has 1 aromatic rings. The second-order valence-electron chi connectivity index (χ2n) is 4.47. The van der Waals surface area contributed by atoms with E-state index in [-0.39, 0.29) is 24.3 Å². The number of aryl methyl sites for hydroxylation is 1. The Kier molecular flexibility index (Phi) is 3.20. The molecule has 1 saturated heterocycles. The number of nitrogens with zero attached hydrogens (tertiary/aromatic N) is 2. The lowest BCUT2D eigenvalue weighted by molar-refractivity contribution is -0.385. The van der Waals surface area contributed by atoms with Gasteiger partial charge in [0.25, 0.3) is 11.6 Å². The van der Waals surface area contributed by atoms with Crippen LogP contribution in [0, 0.1) is 23.0 Å². The van der Waals surface area contributed by atoms with E-state index < -0.39 is 22.7 Å². The van der Waals surface area contributed by atoms with E-state index in [1.807, 2.05) is 0 Å². The van der Waals surface area contributed by atoms with Gasteiger partial charge >= 0.3 is 5.97 Å². The van der Waals surface area contributed by atoms with Crippen molar-refractivity contribution in [3.05, 3.63) is 39.4 Å². The summed E-state index contributed by atoms with van der Waals surface area (Å²) in [6.07, 6.45) is 0. The predicted octanol–water partition coefficient (Wildman–Crippen LogP) is 1.06. The largest absolute Gasteiger partial charge is 0.481 e. The van der Waals surface area contributed by atoms with Gasteiger partial charge in [-0.1, -0.05) is 12.1 Å². The van der Waals surface area contributed by atoms with E-state index in [1.165, 1.54) is 17.0 Å². The van der Waals surface area contributed by atoms with Crippen molar-refractivity contribution in [2.75, 3.05) is 13.1 Å². The molecule has 0 spiro atoms. The second kappa shape index (κ2) is 4.68. The van der Waals surface area contributed by atoms with Crippen molar-refractivity contribution in [1.29, 1.82) is 0 Å². The molecule has 0 atom stereocenters. The fraction of sp³-hybridized carbons (Fsp3) is 0.333. The number of nitro groups is 1. The van der Waals surface area contributed by atoms with Crippen molar-refractivity contribution in [1.82, 2.24) is 4.90 Å². The molecular weight excluding hydrogens is 252 g/mol. The summed E-state index contributed by atoms with van der Waals surface area (Å²) < 4.78 is 0. The van der Waals surface area contributed by atoms with Crippen LogP contribution in [0.1, 0.15) is 15.9 Å². The molecule has 0 unspecified atom stereocenters. The number of nitro benzene ring substituents is 1. The van der Waals surface area contributed by atoms with Crippen LogP contribution in [0.25, 0.3) is 0 Å². The van der Waals surface area contributed by atoms with Crippen molar-refractivity contribution < 1.29 is 19.6 Å². The van der Waals surface area contributed by atoms with Crippen molar-refractivity contribution in [3.63, 3.8) is 0 Å². The van der Waals surface area contributed by atoms with Gasteiger partial charge in [0.05, 0.1) is 10.8 Å². The van der Waals surface area contributed by atoms with E-state index in [4.69, 9.17) is 5.11 Å². The summed E-state index contributed by atoms with van der Waals surface area (Å²) in [5, 5.41) is 19.7. The predicted molar refractivity (Wildman–Crippen MR) is 64.9 cm³/mol. The number of rotatable bonds is 3. The molecule has 1 aliphatic heterocycles. The van der Waals surface area contributed by atoms with Crippen LogP contribution in [-0.4, -0.2) is 39.9 Å². The first-order valence-electron chi connectivity index (χ1n) is 5.68. The molecular formula is C12H12N2O5. The van der Waals surface area contributed by atoms with Crippen molar-refractivity contribution in [3.8, 4) is 0 Å². The summed E-state index contributed by atoms with van der Waals surface area (Å²) in [7, 11) is 0. The second-order valence-corrected chi connectivity index (χ2v) is 4.47. The third-order valence-electron chi connectivity index (χ3n) is 3.18. The molecule has 1 fully saturated rings. The Hall–Kier alpha value is -2.44. The van der Waals surface area contributed by atoms with E-state index in [2.05, 4.69) is 0 Å². The Morgan fingerprint density at radius 1 is 1.42 bits per heavy atom. The highest BCUT2D eigenvalue weighted by atomic mass is 16.6. The molecule has 1 amide bonds. The molecule has 1 heterocycles. The number of hydrogen-bond acceptors (Lipinski definition) is 4. The third kappa shape index (κ3) is 2.26. The lowest BCUT2D eigenvalue weighted by atomic mass is 9.97. The van der Waals surface area contributed by atoms with Crippen LogP contribution in [0.3, 0.4) is 0 Å². The number of benzene rings is 1. The maximum Gasteiger partial charge on any atom is 0.310 e. The highest BCUT2D eigenvalue weighted by Crippen LogP contribution is 2.26.